The molecule has 2 heteroatoms. The molecule has 1 atom stereocenters. The largest absolute Gasteiger partial charge is 0.330 e. The Kier molecular flexibility index (Phi) is 6.46. The molecule has 0 aromatic rings. The lowest BCUT2D eigenvalue weighted by Crippen LogP contribution is -2.45. The predicted molar refractivity (Wildman–Crippen MR) is 69.0 cm³/mol. The zero-order chi connectivity index (χ0) is 12.1. The van der Waals surface area contributed by atoms with Gasteiger partial charge in [0.25, 0.3) is 0 Å². The molecule has 0 radical (unpaired) electrons. The maximum Gasteiger partial charge on any atom is 0.00871 e. The van der Waals surface area contributed by atoms with Gasteiger partial charge in [-0.2, -0.15) is 0 Å². The van der Waals surface area contributed by atoms with E-state index < -0.39 is 0 Å². The van der Waals surface area contributed by atoms with Crippen molar-refractivity contribution in [2.75, 3.05) is 20.1 Å². The summed E-state index contributed by atoms with van der Waals surface area (Å²) in [5.41, 5.74) is 6.24. The second-order valence-electron chi connectivity index (χ2n) is 5.31. The van der Waals surface area contributed by atoms with Crippen LogP contribution in [0, 0.1) is 11.3 Å². The summed E-state index contributed by atoms with van der Waals surface area (Å²) in [5.74, 6) is 0.708. The molecule has 2 nitrogen and oxygen atoms in total. The first-order chi connectivity index (χ1) is 6.92. The van der Waals surface area contributed by atoms with Crippen LogP contribution < -0.4 is 5.73 Å². The third-order valence-electron chi connectivity index (χ3n) is 4.18. The van der Waals surface area contributed by atoms with Gasteiger partial charge in [-0.3, -0.25) is 0 Å². The third-order valence-corrected chi connectivity index (χ3v) is 4.18. The summed E-state index contributed by atoms with van der Waals surface area (Å²) in [6.07, 6.45) is 2.35. The summed E-state index contributed by atoms with van der Waals surface area (Å²) in [6, 6.07) is 0.633. The van der Waals surface area contributed by atoms with Gasteiger partial charge in [0.05, 0.1) is 0 Å². The van der Waals surface area contributed by atoms with Crippen molar-refractivity contribution in [3.8, 4) is 0 Å². The fourth-order valence-electron chi connectivity index (χ4n) is 2.01. The molecule has 0 aromatic carbocycles. The lowest BCUT2D eigenvalue weighted by molar-refractivity contribution is 0.116. The molecule has 0 heterocycles. The molecule has 0 saturated carbocycles. The van der Waals surface area contributed by atoms with Crippen LogP contribution in [0.4, 0.5) is 0 Å². The van der Waals surface area contributed by atoms with Gasteiger partial charge in [-0.25, -0.2) is 0 Å². The van der Waals surface area contributed by atoms with Gasteiger partial charge in [0.1, 0.15) is 0 Å². The highest BCUT2D eigenvalue weighted by Crippen LogP contribution is 2.27. The molecule has 0 aromatic heterocycles. The molecular weight excluding hydrogens is 184 g/mol. The molecule has 2 N–H and O–H groups in total. The van der Waals surface area contributed by atoms with Crippen LogP contribution in [0.5, 0.6) is 0 Å². The summed E-state index contributed by atoms with van der Waals surface area (Å²) in [5, 5.41) is 0. The minimum absolute atomic E-state index is 0.317. The Morgan fingerprint density at radius 1 is 1.13 bits per heavy atom. The molecule has 0 bridgehead atoms. The standard InChI is InChI=1S/C13H30N2/c1-7-13(8-2,9-14)10-15(6)12(5)11(3)4/h11-12H,7-10,14H2,1-6H3. The lowest BCUT2D eigenvalue weighted by atomic mass is 9.81. The predicted octanol–water partition coefficient (Wildman–Crippen LogP) is 2.73. The van der Waals surface area contributed by atoms with Gasteiger partial charge in [-0.15, -0.1) is 0 Å². The van der Waals surface area contributed by atoms with E-state index in [0.29, 0.717) is 17.4 Å². The number of rotatable bonds is 7. The van der Waals surface area contributed by atoms with Crippen molar-refractivity contribution in [3.05, 3.63) is 0 Å². The summed E-state index contributed by atoms with van der Waals surface area (Å²) in [6.45, 7) is 13.3. The molecule has 15 heavy (non-hydrogen) atoms. The van der Waals surface area contributed by atoms with Crippen molar-refractivity contribution < 1.29 is 0 Å². The van der Waals surface area contributed by atoms with Crippen LogP contribution in [0.25, 0.3) is 0 Å². The van der Waals surface area contributed by atoms with Crippen molar-refractivity contribution in [2.24, 2.45) is 17.1 Å². The van der Waals surface area contributed by atoms with Crippen LogP contribution in [-0.4, -0.2) is 31.1 Å². The van der Waals surface area contributed by atoms with E-state index in [1.54, 1.807) is 0 Å². The SMILES string of the molecule is CCC(CC)(CN)CN(C)C(C)C(C)C. The van der Waals surface area contributed by atoms with E-state index in [2.05, 4.69) is 46.6 Å². The highest BCUT2D eigenvalue weighted by Gasteiger charge is 2.28. The quantitative estimate of drug-likeness (QED) is 0.706. The molecular formula is C13H30N2. The molecule has 0 aliphatic rings. The van der Waals surface area contributed by atoms with Gasteiger partial charge in [0, 0.05) is 12.6 Å². The molecule has 0 amide bonds. The average Bonchev–Trinajstić information content (AvgIpc) is 2.24. The fraction of sp³-hybridized carbons (Fsp3) is 1.00. The van der Waals surface area contributed by atoms with E-state index in [-0.39, 0.29) is 0 Å². The number of hydrogen-bond acceptors (Lipinski definition) is 2. The average molecular weight is 214 g/mol. The number of hydrogen-bond donors (Lipinski definition) is 1. The first-order valence-corrected chi connectivity index (χ1v) is 6.32. The van der Waals surface area contributed by atoms with Gasteiger partial charge in [-0.05, 0) is 44.7 Å². The Labute approximate surface area is 96.2 Å². The summed E-state index contributed by atoms with van der Waals surface area (Å²) >= 11 is 0. The summed E-state index contributed by atoms with van der Waals surface area (Å²) in [7, 11) is 2.22. The van der Waals surface area contributed by atoms with Crippen LogP contribution in [0.1, 0.15) is 47.5 Å². The fourth-order valence-corrected chi connectivity index (χ4v) is 2.01. The van der Waals surface area contributed by atoms with E-state index in [9.17, 15) is 0 Å². The molecule has 92 valence electrons. The lowest BCUT2D eigenvalue weighted by Gasteiger charge is -2.38. The smallest absolute Gasteiger partial charge is 0.00871 e. The van der Waals surface area contributed by atoms with Crippen molar-refractivity contribution in [1.29, 1.82) is 0 Å². The Balaban J connectivity index is 4.40. The second-order valence-corrected chi connectivity index (χ2v) is 5.31. The van der Waals surface area contributed by atoms with Crippen LogP contribution >= 0.6 is 0 Å². The van der Waals surface area contributed by atoms with Crippen LogP contribution in [0.2, 0.25) is 0 Å². The molecule has 0 spiro atoms. The maximum atomic E-state index is 5.93. The van der Waals surface area contributed by atoms with E-state index in [4.69, 9.17) is 5.73 Å². The van der Waals surface area contributed by atoms with Gasteiger partial charge < -0.3 is 10.6 Å². The maximum absolute atomic E-state index is 5.93. The molecule has 1 unspecified atom stereocenters. The Morgan fingerprint density at radius 2 is 1.60 bits per heavy atom. The normalized spacial score (nSPS) is 15.0. The van der Waals surface area contributed by atoms with Crippen molar-refractivity contribution in [1.82, 2.24) is 4.90 Å². The molecule has 0 aliphatic heterocycles. The van der Waals surface area contributed by atoms with Crippen molar-refractivity contribution in [2.45, 2.75) is 53.5 Å². The Bertz CT molecular complexity index is 154. The van der Waals surface area contributed by atoms with E-state index >= 15 is 0 Å². The van der Waals surface area contributed by atoms with Gasteiger partial charge in [0.2, 0.25) is 0 Å². The number of nitrogens with two attached hydrogens (primary N) is 1. The van der Waals surface area contributed by atoms with E-state index in [1.807, 2.05) is 0 Å². The van der Waals surface area contributed by atoms with Crippen LogP contribution in [0.3, 0.4) is 0 Å². The zero-order valence-corrected chi connectivity index (χ0v) is 11.5. The van der Waals surface area contributed by atoms with Gasteiger partial charge in [-0.1, -0.05) is 27.7 Å². The minimum atomic E-state index is 0.317. The Morgan fingerprint density at radius 3 is 1.87 bits per heavy atom. The minimum Gasteiger partial charge on any atom is -0.330 e. The summed E-state index contributed by atoms with van der Waals surface area (Å²) < 4.78 is 0. The first kappa shape index (κ1) is 14.9. The number of nitrogens with zero attached hydrogens (tertiary/aromatic N) is 1. The van der Waals surface area contributed by atoms with Gasteiger partial charge >= 0.3 is 0 Å². The van der Waals surface area contributed by atoms with Crippen molar-refractivity contribution >= 4 is 0 Å². The molecule has 0 fully saturated rings. The Hall–Kier alpha value is -0.0800. The molecule has 0 saturated heterocycles. The van der Waals surface area contributed by atoms with Gasteiger partial charge in [0.15, 0.2) is 0 Å². The monoisotopic (exact) mass is 214 g/mol. The highest BCUT2D eigenvalue weighted by atomic mass is 15.1. The van der Waals surface area contributed by atoms with E-state index in [1.165, 1.54) is 12.8 Å². The topological polar surface area (TPSA) is 29.3 Å². The van der Waals surface area contributed by atoms with Crippen LogP contribution in [-0.2, 0) is 0 Å². The zero-order valence-electron chi connectivity index (χ0n) is 11.5. The van der Waals surface area contributed by atoms with Crippen LogP contribution in [0.15, 0.2) is 0 Å². The highest BCUT2D eigenvalue weighted by molar-refractivity contribution is 4.82. The van der Waals surface area contributed by atoms with E-state index in [0.717, 1.165) is 13.1 Å². The molecule has 0 aliphatic carbocycles. The molecule has 0 rings (SSSR count). The third kappa shape index (κ3) is 4.12. The summed E-state index contributed by atoms with van der Waals surface area (Å²) in [4.78, 5) is 2.46. The van der Waals surface area contributed by atoms with Crippen molar-refractivity contribution in [3.63, 3.8) is 0 Å². The second kappa shape index (κ2) is 6.49. The first-order valence-electron chi connectivity index (χ1n) is 6.32.